The van der Waals surface area contributed by atoms with E-state index in [1.165, 1.54) is 18.2 Å². The number of carbonyl (C=O) groups excluding carboxylic acids is 2. The Kier molecular flexibility index (Phi) is 6.07. The first-order valence-corrected chi connectivity index (χ1v) is 9.85. The Balaban J connectivity index is 2.44. The molecule has 1 fully saturated rings. The molecule has 162 valence electrons. The molecule has 1 aliphatic rings. The highest BCUT2D eigenvalue weighted by atomic mass is 79.9. The maximum Gasteiger partial charge on any atom is 0.407 e. The molecular weight excluding hydrogens is 455 g/mol. The first kappa shape index (κ1) is 23.5. The highest BCUT2D eigenvalue weighted by Gasteiger charge is 2.73. The van der Waals surface area contributed by atoms with E-state index in [2.05, 4.69) is 21.2 Å². The summed E-state index contributed by atoms with van der Waals surface area (Å²) in [7, 11) is 0. The summed E-state index contributed by atoms with van der Waals surface area (Å²) >= 11 is 3.17. The van der Waals surface area contributed by atoms with Crippen LogP contribution in [0, 0.1) is 0 Å². The predicted octanol–water partition coefficient (Wildman–Crippen LogP) is 5.50. The van der Waals surface area contributed by atoms with Crippen molar-refractivity contribution in [1.82, 2.24) is 5.32 Å². The van der Waals surface area contributed by atoms with E-state index in [9.17, 15) is 22.8 Å². The van der Waals surface area contributed by atoms with E-state index in [0.29, 0.717) is 4.47 Å². The van der Waals surface area contributed by atoms with Crippen LogP contribution in [0.4, 0.5) is 18.0 Å². The van der Waals surface area contributed by atoms with E-state index in [1.54, 1.807) is 41.5 Å². The third-order valence-corrected chi connectivity index (χ3v) is 4.73. The molecule has 0 aliphatic heterocycles. The van der Waals surface area contributed by atoms with Gasteiger partial charge in [-0.05, 0) is 71.7 Å². The fourth-order valence-corrected chi connectivity index (χ4v) is 3.41. The van der Waals surface area contributed by atoms with Crippen molar-refractivity contribution in [1.29, 1.82) is 0 Å². The number of esters is 1. The highest BCUT2D eigenvalue weighted by molar-refractivity contribution is 9.10. The molecule has 1 aromatic rings. The minimum absolute atomic E-state index is 0.186. The molecule has 1 amide bonds. The van der Waals surface area contributed by atoms with Gasteiger partial charge >= 0.3 is 18.2 Å². The summed E-state index contributed by atoms with van der Waals surface area (Å²) in [5, 5.41) is 2.29. The molecule has 0 saturated heterocycles. The number of nitrogens with one attached hydrogen (secondary N) is 1. The van der Waals surface area contributed by atoms with Gasteiger partial charge in [-0.25, -0.2) is 9.59 Å². The van der Waals surface area contributed by atoms with Crippen molar-refractivity contribution >= 4 is 28.0 Å². The quantitative estimate of drug-likeness (QED) is 0.581. The summed E-state index contributed by atoms with van der Waals surface area (Å²) in [5.74, 6) is -0.855. The second kappa shape index (κ2) is 7.49. The van der Waals surface area contributed by atoms with Crippen molar-refractivity contribution in [3.05, 3.63) is 33.8 Å². The van der Waals surface area contributed by atoms with Crippen LogP contribution in [0.3, 0.4) is 0 Å². The van der Waals surface area contributed by atoms with Crippen LogP contribution in [-0.4, -0.2) is 35.5 Å². The number of carbonyl (C=O) groups is 2. The van der Waals surface area contributed by atoms with Crippen LogP contribution >= 0.6 is 15.9 Å². The third kappa shape index (κ3) is 5.43. The zero-order valence-electron chi connectivity index (χ0n) is 17.2. The summed E-state index contributed by atoms with van der Waals surface area (Å²) in [6.07, 6.45) is -6.05. The molecule has 0 aromatic heterocycles. The number of amides is 1. The molecule has 29 heavy (non-hydrogen) atoms. The molecule has 1 aliphatic carbocycles. The zero-order chi connectivity index (χ0) is 22.4. The Labute approximate surface area is 176 Å². The molecule has 2 rings (SSSR count). The molecule has 0 radical (unpaired) electrons. The number of hydrogen-bond donors (Lipinski definition) is 1. The van der Waals surface area contributed by atoms with E-state index in [1.807, 2.05) is 0 Å². The number of hydrogen-bond acceptors (Lipinski definition) is 4. The largest absolute Gasteiger partial charge is 0.456 e. The Bertz CT molecular complexity index is 811. The van der Waals surface area contributed by atoms with Gasteiger partial charge in [0.05, 0.1) is 11.6 Å². The van der Waals surface area contributed by atoms with Crippen molar-refractivity contribution in [2.75, 3.05) is 0 Å². The summed E-state index contributed by atoms with van der Waals surface area (Å²) in [6.45, 7) is 9.75. The molecule has 2 atom stereocenters. The van der Waals surface area contributed by atoms with Gasteiger partial charge in [0.15, 0.2) is 0 Å². The Morgan fingerprint density at radius 1 is 1.07 bits per heavy atom. The first-order chi connectivity index (χ1) is 13.0. The summed E-state index contributed by atoms with van der Waals surface area (Å²) in [5.41, 5.74) is -4.55. The van der Waals surface area contributed by atoms with Crippen LogP contribution in [0.15, 0.2) is 22.7 Å². The second-order valence-electron chi connectivity index (χ2n) is 9.06. The van der Waals surface area contributed by atoms with Gasteiger partial charge in [0.2, 0.25) is 0 Å². The normalized spacial score (nSPS) is 22.1. The van der Waals surface area contributed by atoms with Crippen molar-refractivity contribution in [3.8, 4) is 0 Å². The average Bonchev–Trinajstić information content (AvgIpc) is 3.17. The minimum atomic E-state index is -4.70. The topological polar surface area (TPSA) is 64.6 Å². The number of rotatable bonds is 3. The maximum absolute atomic E-state index is 14.2. The van der Waals surface area contributed by atoms with Gasteiger partial charge < -0.3 is 14.8 Å². The van der Waals surface area contributed by atoms with Crippen molar-refractivity contribution in [2.24, 2.45) is 0 Å². The van der Waals surface area contributed by atoms with E-state index in [4.69, 9.17) is 9.47 Å². The number of benzene rings is 1. The van der Waals surface area contributed by atoms with Gasteiger partial charge in [0, 0.05) is 4.47 Å². The lowest BCUT2D eigenvalue weighted by atomic mass is 9.89. The van der Waals surface area contributed by atoms with Gasteiger partial charge in [0.1, 0.15) is 16.6 Å². The fraction of sp³-hybridized carbons (Fsp3) is 0.600. The Hall–Kier alpha value is -1.77. The summed E-state index contributed by atoms with van der Waals surface area (Å²) in [6, 6.07) is 2.77. The van der Waals surface area contributed by atoms with E-state index >= 15 is 0 Å². The lowest BCUT2D eigenvalue weighted by Crippen LogP contribution is -2.42. The minimum Gasteiger partial charge on any atom is -0.456 e. The van der Waals surface area contributed by atoms with Crippen LogP contribution in [0.2, 0.25) is 0 Å². The van der Waals surface area contributed by atoms with Crippen LogP contribution in [0.1, 0.15) is 63.9 Å². The molecule has 0 bridgehead atoms. The lowest BCUT2D eigenvalue weighted by Gasteiger charge is -2.26. The van der Waals surface area contributed by atoms with Crippen LogP contribution < -0.4 is 5.32 Å². The number of ether oxygens (including phenoxy) is 2. The smallest absolute Gasteiger partial charge is 0.407 e. The highest BCUT2D eigenvalue weighted by Crippen LogP contribution is 2.60. The van der Waals surface area contributed by atoms with E-state index in [0.717, 1.165) is 0 Å². The number of halogens is 4. The molecule has 5 nitrogen and oxygen atoms in total. The fourth-order valence-electron chi connectivity index (χ4n) is 3.05. The number of alkyl carbamates (subject to hydrolysis) is 1. The second-order valence-corrected chi connectivity index (χ2v) is 9.98. The van der Waals surface area contributed by atoms with Crippen molar-refractivity contribution in [3.63, 3.8) is 0 Å². The molecule has 0 heterocycles. The van der Waals surface area contributed by atoms with E-state index < -0.39 is 47.3 Å². The standard InChI is InChI=1S/C20H25BrF3NO4/c1-17(2,3)28-15(26)12-8-7-11(21)9-13(12)19(20(22,23)24)10-14(19)25-16(27)29-18(4,5)6/h7-9,14H,10H2,1-6H3,(H,25,27). The molecule has 9 heteroatoms. The summed E-state index contributed by atoms with van der Waals surface area (Å²) < 4.78 is 53.3. The maximum atomic E-state index is 14.2. The van der Waals surface area contributed by atoms with Gasteiger partial charge in [-0.2, -0.15) is 13.2 Å². The molecule has 1 aromatic carbocycles. The molecule has 1 N–H and O–H groups in total. The average molecular weight is 480 g/mol. The SMILES string of the molecule is CC(C)(C)OC(=O)NC1CC1(c1cc(Br)ccc1C(=O)OC(C)(C)C)C(F)(F)F. The van der Waals surface area contributed by atoms with Crippen LogP contribution in [0.25, 0.3) is 0 Å². The van der Waals surface area contributed by atoms with Crippen molar-refractivity contribution < 1.29 is 32.2 Å². The Morgan fingerprint density at radius 3 is 2.10 bits per heavy atom. The Morgan fingerprint density at radius 2 is 1.62 bits per heavy atom. The van der Waals surface area contributed by atoms with Gasteiger partial charge in [0.25, 0.3) is 0 Å². The molecule has 0 spiro atoms. The molecule has 1 saturated carbocycles. The van der Waals surface area contributed by atoms with Crippen LogP contribution in [-0.2, 0) is 14.9 Å². The van der Waals surface area contributed by atoms with Gasteiger partial charge in [-0.15, -0.1) is 0 Å². The van der Waals surface area contributed by atoms with Gasteiger partial charge in [-0.1, -0.05) is 15.9 Å². The summed E-state index contributed by atoms with van der Waals surface area (Å²) in [4.78, 5) is 24.6. The molecular formula is C20H25BrF3NO4. The van der Waals surface area contributed by atoms with E-state index in [-0.39, 0.29) is 11.1 Å². The lowest BCUT2D eigenvalue weighted by molar-refractivity contribution is -0.162. The number of alkyl halides is 3. The first-order valence-electron chi connectivity index (χ1n) is 9.06. The molecule has 2 unspecified atom stereocenters. The van der Waals surface area contributed by atoms with Crippen molar-refractivity contribution in [2.45, 2.75) is 76.8 Å². The predicted molar refractivity (Wildman–Crippen MR) is 105 cm³/mol. The monoisotopic (exact) mass is 479 g/mol. The third-order valence-electron chi connectivity index (χ3n) is 4.24. The van der Waals surface area contributed by atoms with Gasteiger partial charge in [-0.3, -0.25) is 0 Å². The zero-order valence-corrected chi connectivity index (χ0v) is 18.7. The van der Waals surface area contributed by atoms with Crippen LogP contribution in [0.5, 0.6) is 0 Å².